The molecule has 7 nitrogen and oxygen atoms in total. The molecule has 0 spiro atoms. The van der Waals surface area contributed by atoms with Gasteiger partial charge in [0.15, 0.2) is 10.7 Å². The Morgan fingerprint density at radius 3 is 2.74 bits per heavy atom. The molecule has 8 heteroatoms. The number of imidazole rings is 1. The minimum Gasteiger partial charge on any atom is -0.340 e. The van der Waals surface area contributed by atoms with Crippen molar-refractivity contribution in [2.75, 3.05) is 24.5 Å². The summed E-state index contributed by atoms with van der Waals surface area (Å²) in [4.78, 5) is 30.2. The zero-order chi connectivity index (χ0) is 18.7. The van der Waals surface area contributed by atoms with Crippen molar-refractivity contribution in [1.29, 1.82) is 0 Å². The number of rotatable bonds is 3. The van der Waals surface area contributed by atoms with Gasteiger partial charge in [0.2, 0.25) is 5.95 Å². The van der Waals surface area contributed by atoms with E-state index in [4.69, 9.17) is 0 Å². The molecule has 0 amide bonds. The average Bonchev–Trinajstić information content (AvgIpc) is 3.32. The Bertz CT molecular complexity index is 1020. The Morgan fingerprint density at radius 2 is 1.96 bits per heavy atom. The van der Waals surface area contributed by atoms with Gasteiger partial charge in [0.05, 0.1) is 11.7 Å². The molecule has 0 bridgehead atoms. The fraction of sp³-hybridized carbons (Fsp3) is 0.474. The molecule has 2 saturated heterocycles. The van der Waals surface area contributed by atoms with Gasteiger partial charge >= 0.3 is 0 Å². The molecule has 3 unspecified atom stereocenters. The van der Waals surface area contributed by atoms with Crippen molar-refractivity contribution in [3.63, 3.8) is 0 Å². The Kier molecular flexibility index (Phi) is 3.80. The van der Waals surface area contributed by atoms with Crippen LogP contribution in [0.5, 0.6) is 0 Å². The van der Waals surface area contributed by atoms with Crippen LogP contribution in [0.25, 0.3) is 4.96 Å². The number of nitrogens with one attached hydrogen (secondary N) is 1. The van der Waals surface area contributed by atoms with Crippen LogP contribution in [0.15, 0.2) is 17.6 Å². The van der Waals surface area contributed by atoms with E-state index < -0.39 is 0 Å². The first-order valence-corrected chi connectivity index (χ1v) is 10.2. The standard InChI is InChI=1S/C19H22N6OS/c1-10-6-11(2)22-18(21-10)24-8-13-7-20-15(14(13)9-24)17(26)16-12(3)23-19-25(16)4-5-27-19/h4-6,13-15,20H,7-9H2,1-3H3. The fourth-order valence-electron chi connectivity index (χ4n) is 4.56. The largest absolute Gasteiger partial charge is 0.340 e. The van der Waals surface area contributed by atoms with E-state index in [0.29, 0.717) is 11.6 Å². The Labute approximate surface area is 161 Å². The molecule has 27 heavy (non-hydrogen) atoms. The molecule has 140 valence electrons. The fourth-order valence-corrected chi connectivity index (χ4v) is 5.32. The Morgan fingerprint density at radius 1 is 1.19 bits per heavy atom. The predicted octanol–water partition coefficient (Wildman–Crippen LogP) is 2.02. The van der Waals surface area contributed by atoms with Gasteiger partial charge in [-0.15, -0.1) is 11.3 Å². The number of carbonyl (C=O) groups is 1. The van der Waals surface area contributed by atoms with Crippen molar-refractivity contribution in [2.24, 2.45) is 11.8 Å². The maximum absolute atomic E-state index is 13.4. The van der Waals surface area contributed by atoms with E-state index in [1.807, 2.05) is 42.8 Å². The summed E-state index contributed by atoms with van der Waals surface area (Å²) in [5, 5.41) is 5.44. The van der Waals surface area contributed by atoms with Crippen LogP contribution in [0.2, 0.25) is 0 Å². The summed E-state index contributed by atoms with van der Waals surface area (Å²) in [6.07, 6.45) is 1.93. The van der Waals surface area contributed by atoms with Crippen molar-refractivity contribution in [3.05, 3.63) is 40.4 Å². The molecule has 3 atom stereocenters. The van der Waals surface area contributed by atoms with Crippen LogP contribution in [0.3, 0.4) is 0 Å². The highest BCUT2D eigenvalue weighted by atomic mass is 32.1. The van der Waals surface area contributed by atoms with Crippen LogP contribution in [0.4, 0.5) is 5.95 Å². The minimum absolute atomic E-state index is 0.147. The maximum Gasteiger partial charge on any atom is 0.225 e. The van der Waals surface area contributed by atoms with Crippen LogP contribution in [-0.4, -0.2) is 50.8 Å². The molecule has 0 radical (unpaired) electrons. The normalized spacial score (nSPS) is 24.7. The molecule has 0 aromatic carbocycles. The number of fused-ring (bicyclic) bond motifs is 2. The zero-order valence-corrected chi connectivity index (χ0v) is 16.5. The lowest BCUT2D eigenvalue weighted by Gasteiger charge is -2.21. The second kappa shape index (κ2) is 6.10. The molecule has 2 aliphatic rings. The second-order valence-electron chi connectivity index (χ2n) is 7.63. The van der Waals surface area contributed by atoms with E-state index in [1.165, 1.54) is 0 Å². The Hall–Kier alpha value is -2.32. The molecular weight excluding hydrogens is 360 g/mol. The summed E-state index contributed by atoms with van der Waals surface area (Å²) in [6.45, 7) is 8.47. The van der Waals surface area contributed by atoms with Gasteiger partial charge in [0.25, 0.3) is 0 Å². The lowest BCUT2D eigenvalue weighted by atomic mass is 9.90. The summed E-state index contributed by atoms with van der Waals surface area (Å²) in [5.41, 5.74) is 3.49. The first-order chi connectivity index (χ1) is 13.0. The number of aromatic nitrogens is 4. The molecule has 2 aliphatic heterocycles. The smallest absolute Gasteiger partial charge is 0.225 e. The first kappa shape index (κ1) is 16.8. The average molecular weight is 382 g/mol. The summed E-state index contributed by atoms with van der Waals surface area (Å²) in [5.74, 6) is 1.64. The van der Waals surface area contributed by atoms with Crippen molar-refractivity contribution in [2.45, 2.75) is 26.8 Å². The van der Waals surface area contributed by atoms with Crippen molar-refractivity contribution >= 4 is 28.0 Å². The van der Waals surface area contributed by atoms with Crippen molar-refractivity contribution < 1.29 is 4.79 Å². The molecule has 2 fully saturated rings. The van der Waals surface area contributed by atoms with Crippen LogP contribution in [-0.2, 0) is 0 Å². The molecule has 5 heterocycles. The van der Waals surface area contributed by atoms with Crippen LogP contribution in [0, 0.1) is 32.6 Å². The summed E-state index contributed by atoms with van der Waals surface area (Å²) < 4.78 is 1.93. The topological polar surface area (TPSA) is 75.4 Å². The van der Waals surface area contributed by atoms with Gasteiger partial charge < -0.3 is 10.2 Å². The monoisotopic (exact) mass is 382 g/mol. The van der Waals surface area contributed by atoms with Crippen LogP contribution >= 0.6 is 11.3 Å². The lowest BCUT2D eigenvalue weighted by molar-refractivity contribution is 0.0924. The van der Waals surface area contributed by atoms with Crippen molar-refractivity contribution in [3.8, 4) is 0 Å². The molecule has 5 rings (SSSR count). The number of ketones is 1. The van der Waals surface area contributed by atoms with Crippen LogP contribution < -0.4 is 10.2 Å². The number of hydrogen-bond acceptors (Lipinski definition) is 7. The maximum atomic E-state index is 13.4. The predicted molar refractivity (Wildman–Crippen MR) is 105 cm³/mol. The zero-order valence-electron chi connectivity index (χ0n) is 15.6. The van der Waals surface area contributed by atoms with Gasteiger partial charge in [-0.3, -0.25) is 9.20 Å². The number of carbonyl (C=O) groups excluding carboxylic acids is 1. The highest BCUT2D eigenvalue weighted by Gasteiger charge is 2.47. The molecule has 0 aliphatic carbocycles. The number of Topliss-reactive ketones (excluding diaryl/α,β-unsaturated/α-hetero) is 1. The quantitative estimate of drug-likeness (QED) is 0.699. The van der Waals surface area contributed by atoms with Gasteiger partial charge in [-0.05, 0) is 32.8 Å². The number of aryl methyl sites for hydroxylation is 3. The van der Waals surface area contributed by atoms with E-state index in [-0.39, 0.29) is 17.7 Å². The van der Waals surface area contributed by atoms with E-state index in [0.717, 1.165) is 47.6 Å². The lowest BCUT2D eigenvalue weighted by Crippen LogP contribution is -2.40. The van der Waals surface area contributed by atoms with E-state index in [2.05, 4.69) is 25.2 Å². The third-order valence-corrected chi connectivity index (χ3v) is 6.48. The van der Waals surface area contributed by atoms with Gasteiger partial charge in [-0.2, -0.15) is 0 Å². The van der Waals surface area contributed by atoms with Crippen molar-refractivity contribution in [1.82, 2.24) is 24.7 Å². The van der Waals surface area contributed by atoms with E-state index in [9.17, 15) is 4.79 Å². The number of nitrogens with zero attached hydrogens (tertiary/aromatic N) is 5. The molecule has 0 saturated carbocycles. The summed E-state index contributed by atoms with van der Waals surface area (Å²) >= 11 is 1.56. The van der Waals surface area contributed by atoms with Gasteiger partial charge in [-0.1, -0.05) is 0 Å². The second-order valence-corrected chi connectivity index (χ2v) is 8.50. The summed E-state index contributed by atoms with van der Waals surface area (Å²) in [7, 11) is 0. The number of anilines is 1. The Balaban J connectivity index is 1.42. The highest BCUT2D eigenvalue weighted by Crippen LogP contribution is 2.34. The first-order valence-electron chi connectivity index (χ1n) is 9.28. The van der Waals surface area contributed by atoms with Gasteiger partial charge in [-0.25, -0.2) is 15.0 Å². The third kappa shape index (κ3) is 2.66. The van der Waals surface area contributed by atoms with E-state index in [1.54, 1.807) is 11.3 Å². The molecular formula is C19H22N6OS. The van der Waals surface area contributed by atoms with E-state index >= 15 is 0 Å². The van der Waals surface area contributed by atoms with Gasteiger partial charge in [0, 0.05) is 48.5 Å². The van der Waals surface area contributed by atoms with Gasteiger partial charge in [0.1, 0.15) is 5.69 Å². The SMILES string of the molecule is Cc1cc(C)nc(N2CC3CNC(C(=O)c4c(C)nc5sccn45)C3C2)n1. The molecule has 3 aromatic rings. The number of hydrogen-bond donors (Lipinski definition) is 1. The van der Waals surface area contributed by atoms with Crippen LogP contribution in [0.1, 0.15) is 27.6 Å². The summed E-state index contributed by atoms with van der Waals surface area (Å²) in [6, 6.07) is 1.81. The highest BCUT2D eigenvalue weighted by molar-refractivity contribution is 7.15. The third-order valence-electron chi connectivity index (χ3n) is 5.73. The molecule has 1 N–H and O–H groups in total. The number of thiazole rings is 1. The minimum atomic E-state index is -0.176. The molecule has 3 aromatic heterocycles.